The van der Waals surface area contributed by atoms with Gasteiger partial charge < -0.3 is 5.32 Å². The Morgan fingerprint density at radius 3 is 2.50 bits per heavy atom. The zero-order valence-corrected chi connectivity index (χ0v) is 12.2. The van der Waals surface area contributed by atoms with Crippen molar-refractivity contribution in [3.8, 4) is 0 Å². The van der Waals surface area contributed by atoms with Crippen molar-refractivity contribution in [2.75, 3.05) is 6.54 Å². The lowest BCUT2D eigenvalue weighted by Crippen LogP contribution is -2.20. The van der Waals surface area contributed by atoms with Gasteiger partial charge in [-0.2, -0.15) is 0 Å². The normalized spacial score (nSPS) is 12.9. The molecular formula is C16H28N2. The fourth-order valence-electron chi connectivity index (χ4n) is 2.09. The lowest BCUT2D eigenvalue weighted by Gasteiger charge is -2.13. The predicted molar refractivity (Wildman–Crippen MR) is 78.6 cm³/mol. The van der Waals surface area contributed by atoms with Gasteiger partial charge in [-0.3, -0.25) is 4.98 Å². The molecule has 0 radical (unpaired) electrons. The molecule has 2 heteroatoms. The van der Waals surface area contributed by atoms with Gasteiger partial charge in [0.25, 0.3) is 0 Å². The molecule has 102 valence electrons. The maximum Gasteiger partial charge on any atom is 0.0570 e. The van der Waals surface area contributed by atoms with E-state index in [1.165, 1.54) is 32.1 Å². The van der Waals surface area contributed by atoms with Crippen molar-refractivity contribution in [1.29, 1.82) is 0 Å². The zero-order valence-electron chi connectivity index (χ0n) is 12.2. The van der Waals surface area contributed by atoms with Crippen molar-refractivity contribution >= 4 is 0 Å². The summed E-state index contributed by atoms with van der Waals surface area (Å²) in [6, 6.07) is 6.46. The van der Waals surface area contributed by atoms with Crippen LogP contribution in [-0.2, 0) is 0 Å². The molecule has 0 aromatic carbocycles. The van der Waals surface area contributed by atoms with Gasteiger partial charge in [0.05, 0.1) is 5.69 Å². The summed E-state index contributed by atoms with van der Waals surface area (Å²) in [5, 5.41) is 3.54. The van der Waals surface area contributed by atoms with Crippen molar-refractivity contribution < 1.29 is 0 Å². The van der Waals surface area contributed by atoms with Crippen LogP contribution in [0.1, 0.15) is 64.6 Å². The van der Waals surface area contributed by atoms with E-state index in [0.29, 0.717) is 6.04 Å². The van der Waals surface area contributed by atoms with Crippen LogP contribution in [0.5, 0.6) is 0 Å². The quantitative estimate of drug-likeness (QED) is 0.658. The molecule has 0 saturated heterocycles. The topological polar surface area (TPSA) is 24.9 Å². The molecule has 18 heavy (non-hydrogen) atoms. The molecule has 1 aromatic rings. The smallest absolute Gasteiger partial charge is 0.0570 e. The summed E-state index contributed by atoms with van der Waals surface area (Å²) in [4.78, 5) is 4.36. The number of aromatic nitrogens is 1. The van der Waals surface area contributed by atoms with Gasteiger partial charge in [-0.15, -0.1) is 0 Å². The standard InChI is InChI=1S/C16H28N2/c1-14(2)10-6-4-5-8-12-17-15(3)16-11-7-9-13-18-16/h7,9,11,13-15,17H,4-6,8,10,12H2,1-3H3. The first kappa shape index (κ1) is 15.2. The second-order valence-corrected chi connectivity index (χ2v) is 5.53. The molecule has 1 atom stereocenters. The first-order valence-electron chi connectivity index (χ1n) is 7.34. The Bertz CT molecular complexity index is 295. The lowest BCUT2D eigenvalue weighted by molar-refractivity contribution is 0.495. The summed E-state index contributed by atoms with van der Waals surface area (Å²) < 4.78 is 0. The summed E-state index contributed by atoms with van der Waals surface area (Å²) >= 11 is 0. The van der Waals surface area contributed by atoms with Crippen molar-refractivity contribution in [2.24, 2.45) is 5.92 Å². The third-order valence-electron chi connectivity index (χ3n) is 3.29. The van der Waals surface area contributed by atoms with Gasteiger partial charge in [0.15, 0.2) is 0 Å². The highest BCUT2D eigenvalue weighted by Gasteiger charge is 2.04. The van der Waals surface area contributed by atoms with Gasteiger partial charge in [0.2, 0.25) is 0 Å². The number of nitrogens with zero attached hydrogens (tertiary/aromatic N) is 1. The fourth-order valence-corrected chi connectivity index (χ4v) is 2.09. The second kappa shape index (κ2) is 9.09. The predicted octanol–water partition coefficient (Wildman–Crippen LogP) is 4.34. The lowest BCUT2D eigenvalue weighted by atomic mass is 10.0. The van der Waals surface area contributed by atoms with Crippen LogP contribution in [0.25, 0.3) is 0 Å². The minimum absolute atomic E-state index is 0.363. The van der Waals surface area contributed by atoms with Crippen LogP contribution in [-0.4, -0.2) is 11.5 Å². The first-order valence-corrected chi connectivity index (χ1v) is 7.34. The Hall–Kier alpha value is -0.890. The van der Waals surface area contributed by atoms with Crippen LogP contribution in [0.15, 0.2) is 24.4 Å². The van der Waals surface area contributed by atoms with Crippen LogP contribution in [0.3, 0.4) is 0 Å². The number of unbranched alkanes of at least 4 members (excludes halogenated alkanes) is 3. The first-order chi connectivity index (χ1) is 8.70. The molecule has 1 aromatic heterocycles. The molecule has 0 aliphatic carbocycles. The Morgan fingerprint density at radius 1 is 1.06 bits per heavy atom. The van der Waals surface area contributed by atoms with Crippen molar-refractivity contribution in [3.05, 3.63) is 30.1 Å². The highest BCUT2D eigenvalue weighted by atomic mass is 14.9. The van der Waals surface area contributed by atoms with E-state index in [1.54, 1.807) is 0 Å². The molecule has 0 amide bonds. The Balaban J connectivity index is 2.01. The van der Waals surface area contributed by atoms with Gasteiger partial charge in [0, 0.05) is 12.2 Å². The fraction of sp³-hybridized carbons (Fsp3) is 0.688. The molecule has 0 bridgehead atoms. The number of rotatable bonds is 9. The molecular weight excluding hydrogens is 220 g/mol. The number of nitrogens with one attached hydrogen (secondary N) is 1. The van der Waals surface area contributed by atoms with Crippen LogP contribution in [0.4, 0.5) is 0 Å². The summed E-state index contributed by atoms with van der Waals surface area (Å²) in [5.41, 5.74) is 1.14. The second-order valence-electron chi connectivity index (χ2n) is 5.53. The van der Waals surface area contributed by atoms with Gasteiger partial charge in [-0.05, 0) is 37.9 Å². The summed E-state index contributed by atoms with van der Waals surface area (Å²) in [6.07, 6.45) is 8.60. The van der Waals surface area contributed by atoms with E-state index in [2.05, 4.69) is 37.1 Å². The van der Waals surface area contributed by atoms with Crippen molar-refractivity contribution in [2.45, 2.75) is 58.9 Å². The average molecular weight is 248 g/mol. The third-order valence-corrected chi connectivity index (χ3v) is 3.29. The minimum Gasteiger partial charge on any atom is -0.309 e. The molecule has 0 fully saturated rings. The molecule has 1 N–H and O–H groups in total. The summed E-state index contributed by atoms with van der Waals surface area (Å²) in [6.45, 7) is 7.88. The Morgan fingerprint density at radius 2 is 1.83 bits per heavy atom. The van der Waals surface area contributed by atoms with Gasteiger partial charge in [0.1, 0.15) is 0 Å². The number of pyridine rings is 1. The van der Waals surface area contributed by atoms with E-state index in [9.17, 15) is 0 Å². The molecule has 0 spiro atoms. The van der Waals surface area contributed by atoms with Crippen LogP contribution < -0.4 is 5.32 Å². The van der Waals surface area contributed by atoms with E-state index < -0.39 is 0 Å². The average Bonchev–Trinajstić information content (AvgIpc) is 2.38. The maximum atomic E-state index is 4.36. The van der Waals surface area contributed by atoms with Crippen LogP contribution in [0.2, 0.25) is 0 Å². The van der Waals surface area contributed by atoms with Gasteiger partial charge in [-0.25, -0.2) is 0 Å². The number of hydrogen-bond donors (Lipinski definition) is 1. The molecule has 2 nitrogen and oxygen atoms in total. The molecule has 1 unspecified atom stereocenters. The van der Waals surface area contributed by atoms with Crippen molar-refractivity contribution in [1.82, 2.24) is 10.3 Å². The molecule has 1 heterocycles. The van der Waals surface area contributed by atoms with Gasteiger partial charge >= 0.3 is 0 Å². The van der Waals surface area contributed by atoms with E-state index in [4.69, 9.17) is 0 Å². The highest BCUT2D eigenvalue weighted by Crippen LogP contribution is 2.10. The maximum absolute atomic E-state index is 4.36. The molecule has 0 saturated carbocycles. The van der Waals surface area contributed by atoms with Gasteiger partial charge in [-0.1, -0.05) is 45.6 Å². The number of hydrogen-bond acceptors (Lipinski definition) is 2. The Kier molecular flexibility index (Phi) is 7.66. The highest BCUT2D eigenvalue weighted by molar-refractivity contribution is 5.07. The molecule has 0 aliphatic heterocycles. The Labute approximate surface area is 112 Å². The van der Waals surface area contributed by atoms with E-state index in [0.717, 1.165) is 18.2 Å². The SMILES string of the molecule is CC(C)CCCCCCNC(C)c1ccccn1. The monoisotopic (exact) mass is 248 g/mol. The minimum atomic E-state index is 0.363. The van der Waals surface area contributed by atoms with Crippen LogP contribution in [0, 0.1) is 5.92 Å². The molecule has 0 aliphatic rings. The van der Waals surface area contributed by atoms with Crippen molar-refractivity contribution in [3.63, 3.8) is 0 Å². The summed E-state index contributed by atoms with van der Waals surface area (Å²) in [5.74, 6) is 0.854. The summed E-state index contributed by atoms with van der Waals surface area (Å²) in [7, 11) is 0. The third kappa shape index (κ3) is 6.75. The largest absolute Gasteiger partial charge is 0.309 e. The van der Waals surface area contributed by atoms with E-state index in [-0.39, 0.29) is 0 Å². The zero-order chi connectivity index (χ0) is 13.2. The molecule has 1 rings (SSSR count). The van der Waals surface area contributed by atoms with E-state index in [1.807, 2.05) is 18.3 Å². The van der Waals surface area contributed by atoms with E-state index >= 15 is 0 Å². The van der Waals surface area contributed by atoms with Crippen LogP contribution >= 0.6 is 0 Å².